The third kappa shape index (κ3) is 2.72. The van der Waals surface area contributed by atoms with E-state index in [-0.39, 0.29) is 18.1 Å². The molecule has 0 spiro atoms. The standard InChI is InChI=1S/C16H22N2O2/c1-12-7-8-17-15(12)16(19)18-9-10-20-14(11-18)13-5-3-2-4-6-13/h2-6,12,14-15,17H,7-11H2,1H3. The van der Waals surface area contributed by atoms with E-state index in [9.17, 15) is 4.79 Å². The first-order valence-electron chi connectivity index (χ1n) is 7.44. The number of hydrogen-bond donors (Lipinski definition) is 1. The van der Waals surface area contributed by atoms with Crippen LogP contribution in [-0.2, 0) is 9.53 Å². The number of morpholine rings is 1. The van der Waals surface area contributed by atoms with Gasteiger partial charge in [0.2, 0.25) is 5.91 Å². The minimum Gasteiger partial charge on any atom is -0.370 e. The second-order valence-electron chi connectivity index (χ2n) is 5.75. The van der Waals surface area contributed by atoms with Crippen LogP contribution < -0.4 is 5.32 Å². The van der Waals surface area contributed by atoms with E-state index in [0.717, 1.165) is 18.5 Å². The molecule has 20 heavy (non-hydrogen) atoms. The van der Waals surface area contributed by atoms with Gasteiger partial charge in [0, 0.05) is 6.54 Å². The van der Waals surface area contributed by atoms with E-state index in [1.165, 1.54) is 0 Å². The number of carbonyl (C=O) groups excluding carboxylic acids is 1. The van der Waals surface area contributed by atoms with Crippen molar-refractivity contribution in [1.82, 2.24) is 10.2 Å². The van der Waals surface area contributed by atoms with Gasteiger partial charge in [-0.05, 0) is 24.4 Å². The van der Waals surface area contributed by atoms with Gasteiger partial charge in [-0.2, -0.15) is 0 Å². The van der Waals surface area contributed by atoms with Gasteiger partial charge in [0.1, 0.15) is 6.10 Å². The minimum absolute atomic E-state index is 0.00519. The molecular formula is C16H22N2O2. The zero-order valence-electron chi connectivity index (χ0n) is 11.9. The molecule has 0 bridgehead atoms. The Morgan fingerprint density at radius 3 is 2.85 bits per heavy atom. The van der Waals surface area contributed by atoms with Crippen LogP contribution >= 0.6 is 0 Å². The molecule has 0 saturated carbocycles. The van der Waals surface area contributed by atoms with Crippen molar-refractivity contribution in [2.45, 2.75) is 25.5 Å². The summed E-state index contributed by atoms with van der Waals surface area (Å²) < 4.78 is 5.82. The van der Waals surface area contributed by atoms with Crippen LogP contribution in [0.4, 0.5) is 0 Å². The van der Waals surface area contributed by atoms with Gasteiger partial charge in [0.25, 0.3) is 0 Å². The number of carbonyl (C=O) groups is 1. The number of nitrogens with zero attached hydrogens (tertiary/aromatic N) is 1. The molecule has 0 aliphatic carbocycles. The zero-order valence-corrected chi connectivity index (χ0v) is 11.9. The lowest BCUT2D eigenvalue weighted by molar-refractivity contribution is -0.141. The van der Waals surface area contributed by atoms with Gasteiger partial charge >= 0.3 is 0 Å². The predicted octanol–water partition coefficient (Wildman–Crippen LogP) is 1.58. The van der Waals surface area contributed by atoms with Gasteiger partial charge in [-0.3, -0.25) is 4.79 Å². The van der Waals surface area contributed by atoms with E-state index in [1.54, 1.807) is 0 Å². The monoisotopic (exact) mass is 274 g/mol. The largest absolute Gasteiger partial charge is 0.370 e. The molecule has 1 aromatic carbocycles. The Hall–Kier alpha value is -1.39. The second-order valence-corrected chi connectivity index (χ2v) is 5.75. The van der Waals surface area contributed by atoms with Crippen LogP contribution in [0.15, 0.2) is 30.3 Å². The highest BCUT2D eigenvalue weighted by Crippen LogP contribution is 2.24. The Kier molecular flexibility index (Phi) is 4.03. The van der Waals surface area contributed by atoms with Crippen molar-refractivity contribution in [3.05, 3.63) is 35.9 Å². The topological polar surface area (TPSA) is 41.6 Å². The minimum atomic E-state index is -0.00970. The third-order valence-corrected chi connectivity index (χ3v) is 4.35. The number of hydrogen-bond acceptors (Lipinski definition) is 3. The van der Waals surface area contributed by atoms with Crippen molar-refractivity contribution < 1.29 is 9.53 Å². The number of amides is 1. The second kappa shape index (κ2) is 5.94. The molecule has 4 nitrogen and oxygen atoms in total. The molecule has 4 heteroatoms. The van der Waals surface area contributed by atoms with Gasteiger partial charge in [-0.15, -0.1) is 0 Å². The Labute approximate surface area is 120 Å². The van der Waals surface area contributed by atoms with Gasteiger partial charge in [0.15, 0.2) is 0 Å². The van der Waals surface area contributed by atoms with Crippen LogP contribution in [0.3, 0.4) is 0 Å². The average Bonchev–Trinajstić information content (AvgIpc) is 2.94. The average molecular weight is 274 g/mol. The lowest BCUT2D eigenvalue weighted by Crippen LogP contribution is -2.50. The Morgan fingerprint density at radius 2 is 2.15 bits per heavy atom. The highest BCUT2D eigenvalue weighted by atomic mass is 16.5. The molecule has 2 aliphatic rings. The summed E-state index contributed by atoms with van der Waals surface area (Å²) >= 11 is 0. The summed E-state index contributed by atoms with van der Waals surface area (Å²) in [6, 6.07) is 10.1. The molecule has 2 heterocycles. The molecule has 0 aromatic heterocycles. The normalized spacial score (nSPS) is 30.4. The SMILES string of the molecule is CC1CCNC1C(=O)N1CCOC(c2ccccc2)C1. The van der Waals surface area contributed by atoms with Gasteiger partial charge < -0.3 is 15.0 Å². The van der Waals surface area contributed by atoms with E-state index < -0.39 is 0 Å². The Morgan fingerprint density at radius 1 is 1.35 bits per heavy atom. The number of ether oxygens (including phenoxy) is 1. The summed E-state index contributed by atoms with van der Waals surface area (Å²) in [4.78, 5) is 14.6. The van der Waals surface area contributed by atoms with E-state index in [0.29, 0.717) is 25.6 Å². The van der Waals surface area contributed by atoms with Crippen LogP contribution in [0.5, 0.6) is 0 Å². The number of benzene rings is 1. The molecule has 1 amide bonds. The lowest BCUT2D eigenvalue weighted by atomic mass is 10.0. The smallest absolute Gasteiger partial charge is 0.240 e. The molecule has 3 unspecified atom stereocenters. The molecule has 3 rings (SSSR count). The Balaban J connectivity index is 1.67. The predicted molar refractivity (Wildman–Crippen MR) is 77.3 cm³/mol. The third-order valence-electron chi connectivity index (χ3n) is 4.35. The van der Waals surface area contributed by atoms with Gasteiger partial charge in [-0.25, -0.2) is 0 Å². The van der Waals surface area contributed by atoms with E-state index in [2.05, 4.69) is 24.4 Å². The van der Waals surface area contributed by atoms with Gasteiger partial charge in [-0.1, -0.05) is 37.3 Å². The van der Waals surface area contributed by atoms with Crippen LogP contribution in [0.2, 0.25) is 0 Å². The first kappa shape index (κ1) is 13.6. The summed E-state index contributed by atoms with van der Waals surface area (Å²) in [7, 11) is 0. The highest BCUT2D eigenvalue weighted by Gasteiger charge is 2.35. The van der Waals surface area contributed by atoms with Crippen molar-refractivity contribution in [2.24, 2.45) is 5.92 Å². The van der Waals surface area contributed by atoms with Crippen LogP contribution in [0.25, 0.3) is 0 Å². The van der Waals surface area contributed by atoms with E-state index >= 15 is 0 Å². The van der Waals surface area contributed by atoms with Crippen molar-refractivity contribution in [1.29, 1.82) is 0 Å². The first-order chi connectivity index (χ1) is 9.75. The molecule has 1 N–H and O–H groups in total. The molecule has 2 fully saturated rings. The number of rotatable bonds is 2. The quantitative estimate of drug-likeness (QED) is 0.890. The van der Waals surface area contributed by atoms with Crippen LogP contribution in [-0.4, -0.2) is 43.1 Å². The molecule has 108 valence electrons. The maximum atomic E-state index is 12.6. The summed E-state index contributed by atoms with van der Waals surface area (Å²) in [6.07, 6.45) is 1.09. The van der Waals surface area contributed by atoms with Crippen LogP contribution in [0.1, 0.15) is 25.0 Å². The molecule has 0 radical (unpaired) electrons. The summed E-state index contributed by atoms with van der Waals surface area (Å²) in [5.41, 5.74) is 1.15. The maximum absolute atomic E-state index is 12.6. The van der Waals surface area contributed by atoms with Crippen molar-refractivity contribution in [2.75, 3.05) is 26.2 Å². The fourth-order valence-electron chi connectivity index (χ4n) is 3.08. The molecular weight excluding hydrogens is 252 g/mol. The molecule has 3 atom stereocenters. The summed E-state index contributed by atoms with van der Waals surface area (Å²) in [6.45, 7) is 5.08. The molecule has 2 aliphatic heterocycles. The van der Waals surface area contributed by atoms with Crippen molar-refractivity contribution in [3.8, 4) is 0 Å². The summed E-state index contributed by atoms with van der Waals surface area (Å²) in [5.74, 6) is 0.666. The number of nitrogens with one attached hydrogen (secondary N) is 1. The zero-order chi connectivity index (χ0) is 13.9. The fourth-order valence-corrected chi connectivity index (χ4v) is 3.08. The highest BCUT2D eigenvalue weighted by molar-refractivity contribution is 5.82. The molecule has 2 saturated heterocycles. The van der Waals surface area contributed by atoms with Crippen molar-refractivity contribution in [3.63, 3.8) is 0 Å². The van der Waals surface area contributed by atoms with E-state index in [1.807, 2.05) is 23.1 Å². The summed E-state index contributed by atoms with van der Waals surface area (Å²) in [5, 5.41) is 3.33. The fraction of sp³-hybridized carbons (Fsp3) is 0.562. The maximum Gasteiger partial charge on any atom is 0.240 e. The molecule has 1 aromatic rings. The first-order valence-corrected chi connectivity index (χ1v) is 7.44. The van der Waals surface area contributed by atoms with Gasteiger partial charge in [0.05, 0.1) is 19.2 Å². The Bertz CT molecular complexity index is 463. The van der Waals surface area contributed by atoms with Crippen molar-refractivity contribution >= 4 is 5.91 Å². The van der Waals surface area contributed by atoms with E-state index in [4.69, 9.17) is 4.74 Å². The van der Waals surface area contributed by atoms with Crippen LogP contribution in [0, 0.1) is 5.92 Å². The lowest BCUT2D eigenvalue weighted by Gasteiger charge is -2.35.